The summed E-state index contributed by atoms with van der Waals surface area (Å²) in [4.78, 5) is 0. The van der Waals surface area contributed by atoms with E-state index < -0.39 is 5.92 Å². The summed E-state index contributed by atoms with van der Waals surface area (Å²) >= 11 is 0. The highest BCUT2D eigenvalue weighted by Gasteiger charge is 2.23. The molecule has 0 aliphatic heterocycles. The topological polar surface area (TPSA) is 0 Å². The second-order valence-electron chi connectivity index (χ2n) is 4.20. The Morgan fingerprint density at radius 2 is 1.80 bits per heavy atom. The minimum Gasteiger partial charge on any atom is -0.207 e. The normalized spacial score (nSPS) is 13.7. The third kappa shape index (κ3) is 5.71. The fourth-order valence-electron chi connectivity index (χ4n) is 1.57. The number of hydrogen-bond acceptors (Lipinski definition) is 0. The summed E-state index contributed by atoms with van der Waals surface area (Å²) in [6.07, 6.45) is 2.13. The first-order valence-corrected chi connectivity index (χ1v) is 5.56. The van der Waals surface area contributed by atoms with Crippen molar-refractivity contribution in [1.82, 2.24) is 0 Å². The van der Waals surface area contributed by atoms with Gasteiger partial charge in [-0.2, -0.15) is 0 Å². The van der Waals surface area contributed by atoms with Crippen molar-refractivity contribution >= 4 is 0 Å². The Morgan fingerprint density at radius 1 is 1.27 bits per heavy atom. The molecule has 0 N–H and O–H groups in total. The van der Waals surface area contributed by atoms with Crippen molar-refractivity contribution in [3.8, 4) is 0 Å². The van der Waals surface area contributed by atoms with Gasteiger partial charge in [-0.1, -0.05) is 32.6 Å². The maximum absolute atomic E-state index is 12.7. The fraction of sp³-hybridized carbons (Fsp3) is 0.692. The van der Waals surface area contributed by atoms with E-state index in [0.717, 1.165) is 30.9 Å². The van der Waals surface area contributed by atoms with E-state index in [9.17, 15) is 8.78 Å². The van der Waals surface area contributed by atoms with Gasteiger partial charge in [0, 0.05) is 6.42 Å². The standard InChI is InChI=1S/C13H22F2/c1-6-10(3)11(4)12(7-2)8-9-13(5,14)15/h12H,3-4,6-9H2,1-2,5H3. The van der Waals surface area contributed by atoms with Gasteiger partial charge in [0.15, 0.2) is 0 Å². The Kier molecular flexibility index (Phi) is 5.77. The molecule has 1 unspecified atom stereocenters. The number of alkyl halides is 2. The number of hydrogen-bond donors (Lipinski definition) is 0. The second kappa shape index (κ2) is 6.04. The van der Waals surface area contributed by atoms with Crippen molar-refractivity contribution in [3.63, 3.8) is 0 Å². The summed E-state index contributed by atoms with van der Waals surface area (Å²) in [5.74, 6) is -2.41. The molecule has 0 amide bonds. The van der Waals surface area contributed by atoms with Crippen molar-refractivity contribution in [2.45, 2.75) is 52.4 Å². The Labute approximate surface area is 92.1 Å². The summed E-state index contributed by atoms with van der Waals surface area (Å²) < 4.78 is 25.4. The van der Waals surface area contributed by atoms with Crippen molar-refractivity contribution in [3.05, 3.63) is 24.3 Å². The van der Waals surface area contributed by atoms with Gasteiger partial charge < -0.3 is 0 Å². The van der Waals surface area contributed by atoms with Gasteiger partial charge in [0.2, 0.25) is 5.92 Å². The van der Waals surface area contributed by atoms with Crippen LogP contribution in [0.15, 0.2) is 24.3 Å². The minimum atomic E-state index is -2.57. The van der Waals surface area contributed by atoms with E-state index in [2.05, 4.69) is 13.2 Å². The number of halogens is 2. The van der Waals surface area contributed by atoms with Gasteiger partial charge in [-0.3, -0.25) is 0 Å². The lowest BCUT2D eigenvalue weighted by Gasteiger charge is -2.21. The first-order chi connectivity index (χ1) is 6.81. The Hall–Kier alpha value is -0.660. The molecule has 0 saturated carbocycles. The van der Waals surface area contributed by atoms with E-state index in [-0.39, 0.29) is 12.3 Å². The van der Waals surface area contributed by atoms with Crippen LogP contribution in [0.5, 0.6) is 0 Å². The Bertz CT molecular complexity index is 223. The maximum atomic E-state index is 12.7. The van der Waals surface area contributed by atoms with Crippen LogP contribution in [0, 0.1) is 5.92 Å². The average Bonchev–Trinajstić information content (AvgIpc) is 2.15. The van der Waals surface area contributed by atoms with Crippen LogP contribution in [0.25, 0.3) is 0 Å². The Morgan fingerprint density at radius 3 is 2.13 bits per heavy atom. The van der Waals surface area contributed by atoms with Crippen LogP contribution in [-0.4, -0.2) is 5.92 Å². The lowest BCUT2D eigenvalue weighted by atomic mass is 9.87. The van der Waals surface area contributed by atoms with E-state index in [0.29, 0.717) is 6.42 Å². The summed E-state index contributed by atoms with van der Waals surface area (Å²) in [7, 11) is 0. The molecule has 0 rings (SSSR count). The summed E-state index contributed by atoms with van der Waals surface area (Å²) in [5.41, 5.74) is 1.94. The van der Waals surface area contributed by atoms with Crippen molar-refractivity contribution < 1.29 is 8.78 Å². The molecule has 0 aromatic carbocycles. The van der Waals surface area contributed by atoms with Crippen molar-refractivity contribution in [1.29, 1.82) is 0 Å². The van der Waals surface area contributed by atoms with E-state index in [1.807, 2.05) is 13.8 Å². The van der Waals surface area contributed by atoms with Gasteiger partial charge in [-0.05, 0) is 37.7 Å². The average molecular weight is 216 g/mol. The molecule has 0 heterocycles. The van der Waals surface area contributed by atoms with E-state index in [4.69, 9.17) is 0 Å². The van der Waals surface area contributed by atoms with Crippen LogP contribution >= 0.6 is 0 Å². The van der Waals surface area contributed by atoms with Crippen molar-refractivity contribution in [2.24, 2.45) is 5.92 Å². The van der Waals surface area contributed by atoms with Gasteiger partial charge in [0.25, 0.3) is 0 Å². The highest BCUT2D eigenvalue weighted by molar-refractivity contribution is 5.27. The predicted molar refractivity (Wildman–Crippen MR) is 62.2 cm³/mol. The molecule has 15 heavy (non-hydrogen) atoms. The largest absolute Gasteiger partial charge is 0.245 e. The molecule has 0 fully saturated rings. The number of allylic oxidation sites excluding steroid dienone is 2. The molecular weight excluding hydrogens is 194 g/mol. The second-order valence-corrected chi connectivity index (χ2v) is 4.20. The van der Waals surface area contributed by atoms with Crippen molar-refractivity contribution in [2.75, 3.05) is 0 Å². The Balaban J connectivity index is 4.26. The lowest BCUT2D eigenvalue weighted by molar-refractivity contribution is 0.00781. The van der Waals surface area contributed by atoms with Crippen LogP contribution in [0.4, 0.5) is 8.78 Å². The monoisotopic (exact) mass is 216 g/mol. The molecule has 0 aromatic heterocycles. The number of rotatable bonds is 7. The zero-order chi connectivity index (χ0) is 12.1. The minimum absolute atomic E-state index is 0.0679. The van der Waals surface area contributed by atoms with Gasteiger partial charge in [-0.15, -0.1) is 0 Å². The lowest BCUT2D eigenvalue weighted by Crippen LogP contribution is -2.13. The molecule has 0 spiro atoms. The molecular formula is C13H22F2. The van der Waals surface area contributed by atoms with E-state index >= 15 is 0 Å². The third-order valence-electron chi connectivity index (χ3n) is 2.80. The smallest absolute Gasteiger partial charge is 0.207 e. The molecule has 1 atom stereocenters. The molecule has 0 radical (unpaired) electrons. The fourth-order valence-corrected chi connectivity index (χ4v) is 1.57. The molecule has 0 saturated heterocycles. The van der Waals surface area contributed by atoms with Crippen LogP contribution in [-0.2, 0) is 0 Å². The van der Waals surface area contributed by atoms with Crippen LogP contribution in [0.1, 0.15) is 46.5 Å². The zero-order valence-corrected chi connectivity index (χ0v) is 10.1. The summed E-state index contributed by atoms with van der Waals surface area (Å²) in [6.45, 7) is 12.8. The predicted octanol–water partition coefficient (Wildman–Crippen LogP) is 4.97. The first-order valence-electron chi connectivity index (χ1n) is 5.56. The molecule has 2 heteroatoms. The van der Waals surface area contributed by atoms with Gasteiger partial charge >= 0.3 is 0 Å². The van der Waals surface area contributed by atoms with Crippen LogP contribution in [0.2, 0.25) is 0 Å². The first kappa shape index (κ1) is 14.3. The molecule has 0 aromatic rings. The molecule has 0 nitrogen and oxygen atoms in total. The van der Waals surface area contributed by atoms with Crippen LogP contribution in [0.3, 0.4) is 0 Å². The van der Waals surface area contributed by atoms with Gasteiger partial charge in [-0.25, -0.2) is 8.78 Å². The maximum Gasteiger partial charge on any atom is 0.245 e. The SMILES string of the molecule is C=C(CC)C(=C)C(CC)CCC(C)(F)F. The summed E-state index contributed by atoms with van der Waals surface area (Å²) in [5, 5.41) is 0. The highest BCUT2D eigenvalue weighted by Crippen LogP contribution is 2.30. The molecule has 0 aliphatic carbocycles. The van der Waals surface area contributed by atoms with E-state index in [1.54, 1.807) is 0 Å². The van der Waals surface area contributed by atoms with Gasteiger partial charge in [0.1, 0.15) is 0 Å². The highest BCUT2D eigenvalue weighted by atomic mass is 19.3. The molecule has 0 aliphatic rings. The van der Waals surface area contributed by atoms with E-state index in [1.165, 1.54) is 0 Å². The zero-order valence-electron chi connectivity index (χ0n) is 10.1. The molecule has 0 bridgehead atoms. The molecule has 88 valence electrons. The summed E-state index contributed by atoms with van der Waals surface area (Å²) in [6, 6.07) is 0. The quantitative estimate of drug-likeness (QED) is 0.527. The van der Waals surface area contributed by atoms with Crippen LogP contribution < -0.4 is 0 Å². The van der Waals surface area contributed by atoms with Gasteiger partial charge in [0.05, 0.1) is 0 Å². The third-order valence-corrected chi connectivity index (χ3v) is 2.80.